The molecule has 0 atom stereocenters. The molecule has 0 aromatic heterocycles. The Kier molecular flexibility index (Phi) is 6.03. The summed E-state index contributed by atoms with van der Waals surface area (Å²) < 4.78 is 14.8. The van der Waals surface area contributed by atoms with Crippen molar-refractivity contribution in [3.8, 4) is 11.5 Å². The van der Waals surface area contributed by atoms with Gasteiger partial charge in [0.1, 0.15) is 11.5 Å². The highest BCUT2D eigenvalue weighted by molar-refractivity contribution is 5.81. The van der Waals surface area contributed by atoms with Crippen LogP contribution in [0.1, 0.15) is 6.42 Å². The van der Waals surface area contributed by atoms with Gasteiger partial charge in [-0.2, -0.15) is 0 Å². The van der Waals surface area contributed by atoms with Gasteiger partial charge in [-0.05, 0) is 24.3 Å². The smallest absolute Gasteiger partial charge is 0.330 e. The molecule has 1 aromatic rings. The van der Waals surface area contributed by atoms with E-state index in [1.807, 2.05) is 0 Å². The van der Waals surface area contributed by atoms with E-state index >= 15 is 0 Å². The van der Waals surface area contributed by atoms with Crippen LogP contribution in [0.4, 0.5) is 0 Å². The van der Waals surface area contributed by atoms with Gasteiger partial charge < -0.3 is 14.2 Å². The highest BCUT2D eigenvalue weighted by atomic mass is 16.5. The fraction of sp³-hybridized carbons (Fsp3) is 0.231. The number of carbonyl (C=O) groups excluding carboxylic acids is 2. The summed E-state index contributed by atoms with van der Waals surface area (Å²) in [6.45, 7) is 4.37. The lowest BCUT2D eigenvalue weighted by Crippen LogP contribution is -2.06. The summed E-state index contributed by atoms with van der Waals surface area (Å²) in [7, 11) is 0. The number of esters is 1. The first-order valence-electron chi connectivity index (χ1n) is 5.38. The van der Waals surface area contributed by atoms with Crippen LogP contribution in [0, 0.1) is 0 Å². The second-order valence-electron chi connectivity index (χ2n) is 3.26. The van der Waals surface area contributed by atoms with Crippen LogP contribution in [0.25, 0.3) is 0 Å². The molecule has 0 saturated carbocycles. The first kappa shape index (κ1) is 13.8. The largest absolute Gasteiger partial charge is 0.493 e. The Bertz CT molecular complexity index is 396. The van der Waals surface area contributed by atoms with Gasteiger partial charge in [0.05, 0.1) is 13.2 Å². The van der Waals surface area contributed by atoms with Crippen molar-refractivity contribution in [2.75, 3.05) is 13.2 Å². The van der Waals surface area contributed by atoms with E-state index in [9.17, 15) is 9.59 Å². The molecule has 0 heterocycles. The van der Waals surface area contributed by atoms with E-state index < -0.39 is 5.97 Å². The summed E-state index contributed by atoms with van der Waals surface area (Å²) in [5, 5.41) is 0. The molecule has 96 valence electrons. The zero-order chi connectivity index (χ0) is 13.2. The van der Waals surface area contributed by atoms with Gasteiger partial charge in [0.15, 0.2) is 0 Å². The quantitative estimate of drug-likeness (QED) is 0.304. The Morgan fingerprint density at radius 1 is 1.17 bits per heavy atom. The Balaban J connectivity index is 2.20. The molecule has 0 aliphatic carbocycles. The molecule has 1 rings (SSSR count). The zero-order valence-electron chi connectivity index (χ0n) is 9.83. The van der Waals surface area contributed by atoms with E-state index in [-0.39, 0.29) is 6.61 Å². The van der Waals surface area contributed by atoms with E-state index in [2.05, 4.69) is 11.3 Å². The third kappa shape index (κ3) is 5.16. The van der Waals surface area contributed by atoms with Gasteiger partial charge in [-0.15, -0.1) is 0 Å². The number of ether oxygens (including phenoxy) is 3. The van der Waals surface area contributed by atoms with Gasteiger partial charge in [-0.25, -0.2) is 4.79 Å². The van der Waals surface area contributed by atoms with Crippen molar-refractivity contribution in [2.24, 2.45) is 0 Å². The highest BCUT2D eigenvalue weighted by Crippen LogP contribution is 2.17. The molecule has 0 saturated heterocycles. The molecule has 0 N–H and O–H groups in total. The molecule has 0 unspecified atom stereocenters. The minimum atomic E-state index is -0.439. The van der Waals surface area contributed by atoms with E-state index in [4.69, 9.17) is 9.47 Å². The summed E-state index contributed by atoms with van der Waals surface area (Å²) in [5.74, 6) is 0.672. The fourth-order valence-corrected chi connectivity index (χ4v) is 1.15. The minimum Gasteiger partial charge on any atom is -0.493 e. The highest BCUT2D eigenvalue weighted by Gasteiger charge is 1.98. The van der Waals surface area contributed by atoms with E-state index in [0.717, 1.165) is 6.08 Å². The molecule has 1 aromatic carbocycles. The summed E-state index contributed by atoms with van der Waals surface area (Å²) >= 11 is 0. The first-order valence-corrected chi connectivity index (χ1v) is 5.38. The van der Waals surface area contributed by atoms with Crippen LogP contribution in [0.15, 0.2) is 36.9 Å². The molecule has 0 spiro atoms. The maximum atomic E-state index is 10.7. The molecule has 5 heteroatoms. The molecular formula is C13H14O5. The molecular weight excluding hydrogens is 236 g/mol. The van der Waals surface area contributed by atoms with Crippen molar-refractivity contribution in [1.82, 2.24) is 0 Å². The van der Waals surface area contributed by atoms with Crippen molar-refractivity contribution in [1.29, 1.82) is 0 Å². The molecule has 5 nitrogen and oxygen atoms in total. The summed E-state index contributed by atoms with van der Waals surface area (Å²) in [6.07, 6.45) is 1.71. The molecule has 0 bridgehead atoms. The Morgan fingerprint density at radius 3 is 2.44 bits per heavy atom. The second kappa shape index (κ2) is 7.89. The van der Waals surface area contributed by atoms with Crippen LogP contribution in [-0.2, 0) is 14.3 Å². The predicted molar refractivity (Wildman–Crippen MR) is 64.4 cm³/mol. The number of rotatable bonds is 8. The fourth-order valence-electron chi connectivity index (χ4n) is 1.15. The average molecular weight is 250 g/mol. The molecule has 0 radical (unpaired) electrons. The monoisotopic (exact) mass is 250 g/mol. The first-order chi connectivity index (χ1) is 8.76. The van der Waals surface area contributed by atoms with Crippen molar-refractivity contribution in [2.45, 2.75) is 6.42 Å². The molecule has 18 heavy (non-hydrogen) atoms. The second-order valence-corrected chi connectivity index (χ2v) is 3.26. The third-order valence-corrected chi connectivity index (χ3v) is 1.98. The summed E-state index contributed by atoms with van der Waals surface area (Å²) in [6, 6.07) is 6.63. The SMILES string of the molecule is C=CC(=O)OCCCOc1ccc(OC=O)cc1. The van der Waals surface area contributed by atoms with Crippen LogP contribution in [0.5, 0.6) is 11.5 Å². The van der Waals surface area contributed by atoms with Crippen molar-refractivity contribution in [3.63, 3.8) is 0 Å². The Morgan fingerprint density at radius 2 is 1.83 bits per heavy atom. The standard InChI is InChI=1S/C13H14O5/c1-2-13(15)17-9-3-8-16-11-4-6-12(7-5-11)18-10-14/h2,4-7,10H,1,3,8-9H2. The minimum absolute atomic E-state index is 0.289. The number of benzene rings is 1. The Labute approximate surface area is 105 Å². The summed E-state index contributed by atoms with van der Waals surface area (Å²) in [5.41, 5.74) is 0. The third-order valence-electron chi connectivity index (χ3n) is 1.98. The lowest BCUT2D eigenvalue weighted by Gasteiger charge is -2.06. The lowest BCUT2D eigenvalue weighted by molar-refractivity contribution is -0.138. The molecule has 0 aliphatic rings. The number of hydrogen-bond donors (Lipinski definition) is 0. The van der Waals surface area contributed by atoms with Gasteiger partial charge in [-0.1, -0.05) is 6.58 Å². The molecule has 0 amide bonds. The van der Waals surface area contributed by atoms with Crippen LogP contribution in [0.2, 0.25) is 0 Å². The normalized spacial score (nSPS) is 9.33. The number of carbonyl (C=O) groups is 2. The van der Waals surface area contributed by atoms with E-state index in [1.54, 1.807) is 24.3 Å². The van der Waals surface area contributed by atoms with E-state index in [1.165, 1.54) is 0 Å². The van der Waals surface area contributed by atoms with E-state index in [0.29, 0.717) is 31.0 Å². The Hall–Kier alpha value is -2.30. The predicted octanol–water partition coefficient (Wildman–Crippen LogP) is 1.72. The van der Waals surface area contributed by atoms with Gasteiger partial charge >= 0.3 is 5.97 Å². The van der Waals surface area contributed by atoms with Crippen molar-refractivity contribution < 1.29 is 23.8 Å². The summed E-state index contributed by atoms with van der Waals surface area (Å²) in [4.78, 5) is 20.8. The topological polar surface area (TPSA) is 61.8 Å². The lowest BCUT2D eigenvalue weighted by atomic mass is 10.3. The van der Waals surface area contributed by atoms with Gasteiger partial charge in [0, 0.05) is 12.5 Å². The van der Waals surface area contributed by atoms with Crippen molar-refractivity contribution >= 4 is 12.4 Å². The molecule has 0 aliphatic heterocycles. The average Bonchev–Trinajstić information content (AvgIpc) is 2.40. The van der Waals surface area contributed by atoms with Crippen LogP contribution in [0.3, 0.4) is 0 Å². The zero-order valence-corrected chi connectivity index (χ0v) is 9.83. The van der Waals surface area contributed by atoms with Crippen molar-refractivity contribution in [3.05, 3.63) is 36.9 Å². The van der Waals surface area contributed by atoms with Crippen LogP contribution < -0.4 is 9.47 Å². The van der Waals surface area contributed by atoms with Crippen LogP contribution in [-0.4, -0.2) is 25.7 Å². The maximum Gasteiger partial charge on any atom is 0.330 e. The molecule has 0 fully saturated rings. The van der Waals surface area contributed by atoms with Gasteiger partial charge in [0.2, 0.25) is 0 Å². The van der Waals surface area contributed by atoms with Gasteiger partial charge in [-0.3, -0.25) is 4.79 Å². The van der Waals surface area contributed by atoms with Crippen LogP contribution >= 0.6 is 0 Å². The van der Waals surface area contributed by atoms with Gasteiger partial charge in [0.25, 0.3) is 6.47 Å². The maximum absolute atomic E-state index is 10.7. The number of hydrogen-bond acceptors (Lipinski definition) is 5.